The molecule has 0 aromatic rings. The van der Waals surface area contributed by atoms with Crippen LogP contribution in [-0.2, 0) is 42.9 Å². The summed E-state index contributed by atoms with van der Waals surface area (Å²) in [6.07, 6.45) is 56.1. The van der Waals surface area contributed by atoms with Crippen molar-refractivity contribution < 1.29 is 58.2 Å². The summed E-state index contributed by atoms with van der Waals surface area (Å²) in [7, 11) is 0. The molecule has 1 rings (SSSR count). The second kappa shape index (κ2) is 55.0. The lowest BCUT2D eigenvalue weighted by atomic mass is 9.98. The quantitative estimate of drug-likeness (QED) is 0.0228. The zero-order chi connectivity index (χ0) is 57.5. The molecular weight excluding hydrogens is 997 g/mol. The van der Waals surface area contributed by atoms with E-state index in [1.807, 2.05) is 0 Å². The normalized spacial score (nSPS) is 18.2. The number of carboxylic acids is 1. The fourth-order valence-electron chi connectivity index (χ4n) is 9.65. The van der Waals surface area contributed by atoms with Crippen molar-refractivity contribution >= 4 is 23.9 Å². The van der Waals surface area contributed by atoms with Crippen molar-refractivity contribution in [1.29, 1.82) is 0 Å². The third kappa shape index (κ3) is 44.7. The van der Waals surface area contributed by atoms with Gasteiger partial charge in [-0.15, -0.1) is 0 Å². The van der Waals surface area contributed by atoms with Gasteiger partial charge in [-0.2, -0.15) is 0 Å². The van der Waals surface area contributed by atoms with Crippen LogP contribution in [-0.4, -0.2) is 89.2 Å². The molecule has 0 aliphatic carbocycles. The van der Waals surface area contributed by atoms with E-state index >= 15 is 0 Å². The van der Waals surface area contributed by atoms with Gasteiger partial charge in [-0.05, 0) is 83.5 Å². The van der Waals surface area contributed by atoms with Gasteiger partial charge in [0, 0.05) is 19.3 Å². The lowest BCUT2D eigenvalue weighted by Crippen LogP contribution is -2.61. The van der Waals surface area contributed by atoms with Crippen molar-refractivity contribution in [3.8, 4) is 0 Å². The number of hydrogen-bond donors (Lipinski definition) is 3. The van der Waals surface area contributed by atoms with Gasteiger partial charge < -0.3 is 39.0 Å². The fourth-order valence-corrected chi connectivity index (χ4v) is 9.65. The number of carbonyl (C=O) groups excluding carboxylic acids is 3. The Morgan fingerprint density at radius 3 is 1.23 bits per heavy atom. The summed E-state index contributed by atoms with van der Waals surface area (Å²) in [6, 6.07) is 0. The number of aliphatic hydroxyl groups excluding tert-OH is 2. The van der Waals surface area contributed by atoms with E-state index in [4.69, 9.17) is 23.7 Å². The maximum atomic E-state index is 13.2. The Balaban J connectivity index is 2.68. The molecule has 456 valence electrons. The van der Waals surface area contributed by atoms with E-state index < -0.39 is 67.3 Å². The van der Waals surface area contributed by atoms with Gasteiger partial charge in [-0.25, -0.2) is 4.79 Å². The van der Waals surface area contributed by atoms with Gasteiger partial charge in [-0.1, -0.05) is 248 Å². The summed E-state index contributed by atoms with van der Waals surface area (Å²) in [4.78, 5) is 51.3. The topological polar surface area (TPSA) is 175 Å². The molecule has 12 nitrogen and oxygen atoms in total. The first-order valence-electron chi connectivity index (χ1n) is 32.3. The van der Waals surface area contributed by atoms with E-state index in [-0.39, 0.29) is 25.9 Å². The van der Waals surface area contributed by atoms with Gasteiger partial charge in [0.2, 0.25) is 0 Å². The average Bonchev–Trinajstić information content (AvgIpc) is 3.46. The Labute approximate surface area is 481 Å². The van der Waals surface area contributed by atoms with Crippen LogP contribution in [0.1, 0.15) is 290 Å². The fraction of sp³-hybridized carbons (Fsp3) is 0.791. The van der Waals surface area contributed by atoms with Crippen LogP contribution in [0.3, 0.4) is 0 Å². The Morgan fingerprint density at radius 2 is 0.797 bits per heavy atom. The molecule has 1 fully saturated rings. The standard InChI is InChI=1S/C67H116O12/c1-4-7-10-13-16-19-22-25-28-30-33-35-38-41-44-47-50-53-59(68)75-56-58(77-60(69)54-51-48-45-42-39-37-34-31-29-26-23-20-17-14-11-8-5-2)57-76-67-65(63(72)62(71)64(79-67)66(73)74)78-61(70)55-52-49-46-43-40-36-32-27-24-21-18-15-12-9-6-3/h7,10,16,19,25,27-28,32-33,35,58,62-65,67,71-72H,4-6,8-9,11-15,17-18,20-24,26,29-31,34,36-57H2,1-3H3,(H,73,74)/b10-7-,19-16-,28-25-,32-27-,35-33-. The molecule has 3 N–H and O–H groups in total. The van der Waals surface area contributed by atoms with Crippen molar-refractivity contribution in [1.82, 2.24) is 0 Å². The molecule has 0 bridgehead atoms. The second-order valence-corrected chi connectivity index (χ2v) is 22.0. The second-order valence-electron chi connectivity index (χ2n) is 22.0. The van der Waals surface area contributed by atoms with Crippen LogP contribution in [0.15, 0.2) is 60.8 Å². The molecule has 12 heteroatoms. The molecule has 0 aromatic carbocycles. The molecular formula is C67H116O12. The van der Waals surface area contributed by atoms with Gasteiger partial charge in [0.05, 0.1) is 6.61 Å². The Bertz CT molecular complexity index is 1600. The maximum absolute atomic E-state index is 13.2. The van der Waals surface area contributed by atoms with Crippen LogP contribution in [0.5, 0.6) is 0 Å². The van der Waals surface area contributed by atoms with E-state index in [0.29, 0.717) is 19.3 Å². The monoisotopic (exact) mass is 1110 g/mol. The minimum Gasteiger partial charge on any atom is -0.479 e. The van der Waals surface area contributed by atoms with E-state index in [2.05, 4.69) is 81.5 Å². The molecule has 1 aliphatic rings. The minimum atomic E-state index is -1.91. The first kappa shape index (κ1) is 73.4. The zero-order valence-corrected chi connectivity index (χ0v) is 50.4. The van der Waals surface area contributed by atoms with Gasteiger partial charge in [0.25, 0.3) is 0 Å². The molecule has 1 aliphatic heterocycles. The van der Waals surface area contributed by atoms with Crippen LogP contribution < -0.4 is 0 Å². The van der Waals surface area contributed by atoms with Gasteiger partial charge >= 0.3 is 23.9 Å². The highest BCUT2D eigenvalue weighted by molar-refractivity contribution is 5.74. The molecule has 0 aromatic heterocycles. The third-order valence-corrected chi connectivity index (χ3v) is 14.6. The number of rotatable bonds is 55. The number of hydrogen-bond acceptors (Lipinski definition) is 11. The molecule has 6 atom stereocenters. The van der Waals surface area contributed by atoms with Crippen LogP contribution >= 0.6 is 0 Å². The molecule has 0 saturated carbocycles. The van der Waals surface area contributed by atoms with Crippen LogP contribution in [0.25, 0.3) is 0 Å². The largest absolute Gasteiger partial charge is 0.479 e. The first-order valence-corrected chi connectivity index (χ1v) is 32.3. The summed E-state index contributed by atoms with van der Waals surface area (Å²) >= 11 is 0. The van der Waals surface area contributed by atoms with Crippen molar-refractivity contribution in [2.45, 2.75) is 327 Å². The van der Waals surface area contributed by atoms with Crippen LogP contribution in [0.4, 0.5) is 0 Å². The van der Waals surface area contributed by atoms with Gasteiger partial charge in [0.1, 0.15) is 18.8 Å². The van der Waals surface area contributed by atoms with E-state index in [1.165, 1.54) is 122 Å². The van der Waals surface area contributed by atoms with Crippen molar-refractivity contribution in [3.05, 3.63) is 60.8 Å². The lowest BCUT2D eigenvalue weighted by molar-refractivity contribution is -0.301. The molecule has 1 saturated heterocycles. The molecule has 1 heterocycles. The van der Waals surface area contributed by atoms with Crippen LogP contribution in [0.2, 0.25) is 0 Å². The summed E-state index contributed by atoms with van der Waals surface area (Å²) in [5.41, 5.74) is 0. The smallest absolute Gasteiger partial charge is 0.335 e. The molecule has 0 radical (unpaired) electrons. The highest BCUT2D eigenvalue weighted by atomic mass is 16.7. The Morgan fingerprint density at radius 1 is 0.430 bits per heavy atom. The number of allylic oxidation sites excluding steroid dienone is 10. The van der Waals surface area contributed by atoms with Crippen molar-refractivity contribution in [2.75, 3.05) is 13.2 Å². The number of esters is 3. The minimum absolute atomic E-state index is 0.0490. The summed E-state index contributed by atoms with van der Waals surface area (Å²) in [5, 5.41) is 31.6. The molecule has 0 amide bonds. The number of ether oxygens (including phenoxy) is 5. The predicted molar refractivity (Wildman–Crippen MR) is 322 cm³/mol. The van der Waals surface area contributed by atoms with Gasteiger partial charge in [0.15, 0.2) is 24.6 Å². The predicted octanol–water partition coefficient (Wildman–Crippen LogP) is 17.1. The molecule has 0 spiro atoms. The van der Waals surface area contributed by atoms with Crippen molar-refractivity contribution in [3.63, 3.8) is 0 Å². The lowest BCUT2D eigenvalue weighted by Gasteiger charge is -2.40. The summed E-state index contributed by atoms with van der Waals surface area (Å²) in [5.74, 6) is -3.14. The third-order valence-electron chi connectivity index (χ3n) is 14.6. The van der Waals surface area contributed by atoms with E-state index in [1.54, 1.807) is 0 Å². The number of aliphatic carboxylic acids is 1. The van der Waals surface area contributed by atoms with E-state index in [9.17, 15) is 34.5 Å². The number of unbranched alkanes of at least 4 members (excludes halogenated alkanes) is 31. The SMILES string of the molecule is CC/C=C\C/C=C\C/C=C\C/C=C\CCCCCCC(=O)OCC(COC1OC(C(=O)O)C(O)C(O)C1OC(=O)CCCCCCC/C=C\CCCCCCCC)OC(=O)CCCCCCCCCCCCCCCCCCC. The zero-order valence-electron chi connectivity index (χ0n) is 50.4. The van der Waals surface area contributed by atoms with Crippen molar-refractivity contribution in [2.24, 2.45) is 0 Å². The Hall–Kier alpha value is -3.58. The highest BCUT2D eigenvalue weighted by Crippen LogP contribution is 2.27. The Kier molecular flexibility index (Phi) is 51.1. The first-order chi connectivity index (χ1) is 38.6. The summed E-state index contributed by atoms with van der Waals surface area (Å²) < 4.78 is 28.5. The molecule has 79 heavy (non-hydrogen) atoms. The number of carbonyl (C=O) groups is 4. The molecule has 6 unspecified atom stereocenters. The number of aliphatic hydroxyl groups is 2. The van der Waals surface area contributed by atoms with Crippen LogP contribution in [0, 0.1) is 0 Å². The highest BCUT2D eigenvalue weighted by Gasteiger charge is 2.50. The number of carboxylic acid groups (broad SMARTS) is 1. The average molecular weight is 1110 g/mol. The maximum Gasteiger partial charge on any atom is 0.335 e. The van der Waals surface area contributed by atoms with E-state index in [0.717, 1.165) is 109 Å². The van der Waals surface area contributed by atoms with Gasteiger partial charge in [-0.3, -0.25) is 14.4 Å². The summed E-state index contributed by atoms with van der Waals surface area (Å²) in [6.45, 7) is 5.89.